The maximum absolute atomic E-state index is 12.3. The molecule has 140 valence electrons. The summed E-state index contributed by atoms with van der Waals surface area (Å²) in [6, 6.07) is 0. The molecular weight excluding hydrogens is 302 g/mol. The summed E-state index contributed by atoms with van der Waals surface area (Å²) in [4.78, 5) is 28.6. The summed E-state index contributed by atoms with van der Waals surface area (Å²) in [6.07, 6.45) is 5.85. The van der Waals surface area contributed by atoms with E-state index < -0.39 is 0 Å². The van der Waals surface area contributed by atoms with E-state index >= 15 is 0 Å². The summed E-state index contributed by atoms with van der Waals surface area (Å²) in [6.45, 7) is 8.44. The average Bonchev–Trinajstić information content (AvgIpc) is 2.50. The van der Waals surface area contributed by atoms with E-state index in [1.54, 1.807) is 0 Å². The van der Waals surface area contributed by atoms with Crippen LogP contribution in [-0.2, 0) is 9.59 Å². The fourth-order valence-electron chi connectivity index (χ4n) is 2.48. The summed E-state index contributed by atoms with van der Waals surface area (Å²) in [5.41, 5.74) is 0. The predicted octanol–water partition coefficient (Wildman–Crippen LogP) is 2.69. The highest BCUT2D eigenvalue weighted by Crippen LogP contribution is 2.16. The van der Waals surface area contributed by atoms with Crippen LogP contribution in [0.1, 0.15) is 52.9 Å². The Morgan fingerprint density at radius 3 is 2.38 bits per heavy atom. The lowest BCUT2D eigenvalue weighted by Crippen LogP contribution is -2.35. The number of ketones is 1. The minimum Gasteiger partial charge on any atom is -0.356 e. The van der Waals surface area contributed by atoms with Gasteiger partial charge in [-0.05, 0) is 19.3 Å². The first-order valence-electron chi connectivity index (χ1n) is 9.33. The molecule has 0 aromatic rings. The second-order valence-electron chi connectivity index (χ2n) is 7.69. The minimum absolute atomic E-state index is 0.0505. The van der Waals surface area contributed by atoms with Crippen LogP contribution in [0.2, 0.25) is 0 Å². The minimum atomic E-state index is -0.137. The van der Waals surface area contributed by atoms with Gasteiger partial charge in [0.1, 0.15) is 0 Å². The van der Waals surface area contributed by atoms with Crippen LogP contribution in [0.3, 0.4) is 0 Å². The Hall–Kier alpha value is -1.23. The Balaban J connectivity index is 4.26. The highest BCUT2D eigenvalue weighted by Gasteiger charge is 2.22. The van der Waals surface area contributed by atoms with Gasteiger partial charge in [-0.2, -0.15) is 0 Å². The molecule has 0 saturated carbocycles. The fraction of sp³-hybridized carbons (Fsp3) is 0.842. The van der Waals surface area contributed by atoms with Crippen LogP contribution in [0.25, 0.3) is 0 Å². The molecule has 1 N–H and O–H groups in total. The number of quaternary nitrogens is 1. The zero-order valence-electron chi connectivity index (χ0n) is 16.6. The van der Waals surface area contributed by atoms with Gasteiger partial charge in [-0.25, -0.2) is 0 Å². The third-order valence-corrected chi connectivity index (χ3v) is 4.15. The van der Waals surface area contributed by atoms with E-state index in [-0.39, 0.29) is 23.5 Å². The van der Waals surface area contributed by atoms with Crippen molar-refractivity contribution in [3.63, 3.8) is 0 Å². The van der Waals surface area contributed by atoms with Crippen molar-refractivity contribution in [2.75, 3.05) is 40.8 Å². The SMILES string of the molecule is CCCCNC(=O)C(C)CC(CC)C(=O)C=NCCC[N+](C)(C)C. The first-order chi connectivity index (χ1) is 11.2. The van der Waals surface area contributed by atoms with Gasteiger partial charge in [0, 0.05) is 31.3 Å². The van der Waals surface area contributed by atoms with Gasteiger partial charge in [-0.15, -0.1) is 0 Å². The summed E-state index contributed by atoms with van der Waals surface area (Å²) >= 11 is 0. The molecule has 0 heterocycles. The lowest BCUT2D eigenvalue weighted by atomic mass is 9.90. The number of unbranched alkanes of at least 4 members (excludes halogenated alkanes) is 1. The Kier molecular flexibility index (Phi) is 11.6. The third-order valence-electron chi connectivity index (χ3n) is 4.15. The van der Waals surface area contributed by atoms with E-state index in [9.17, 15) is 9.59 Å². The summed E-state index contributed by atoms with van der Waals surface area (Å²) in [5.74, 6) is -0.146. The van der Waals surface area contributed by atoms with Crippen LogP contribution in [-0.4, -0.2) is 63.2 Å². The second kappa shape index (κ2) is 12.2. The molecule has 0 radical (unpaired) electrons. The number of hydrogen-bond acceptors (Lipinski definition) is 3. The van der Waals surface area contributed by atoms with Gasteiger partial charge in [-0.3, -0.25) is 14.6 Å². The van der Waals surface area contributed by atoms with Gasteiger partial charge >= 0.3 is 0 Å². The monoisotopic (exact) mass is 340 g/mol. The third kappa shape index (κ3) is 11.3. The average molecular weight is 341 g/mol. The number of hydrogen-bond donors (Lipinski definition) is 1. The molecule has 0 aliphatic carbocycles. The smallest absolute Gasteiger partial charge is 0.222 e. The van der Waals surface area contributed by atoms with E-state index in [2.05, 4.69) is 38.4 Å². The standard InChI is InChI=1S/C19H37N3O2/c1-7-9-12-21-19(24)16(3)14-17(8-2)18(23)15-20-11-10-13-22(4,5)6/h15-17H,7-14H2,1-6H3/p+1. The molecule has 0 spiro atoms. The van der Waals surface area contributed by atoms with Crippen molar-refractivity contribution < 1.29 is 14.1 Å². The number of nitrogens with zero attached hydrogens (tertiary/aromatic N) is 2. The molecule has 1 amide bonds. The van der Waals surface area contributed by atoms with Crippen molar-refractivity contribution >= 4 is 17.9 Å². The van der Waals surface area contributed by atoms with Crippen LogP contribution >= 0.6 is 0 Å². The first-order valence-corrected chi connectivity index (χ1v) is 9.33. The van der Waals surface area contributed by atoms with Crippen LogP contribution in [0.5, 0.6) is 0 Å². The molecule has 2 unspecified atom stereocenters. The van der Waals surface area contributed by atoms with Crippen molar-refractivity contribution in [2.45, 2.75) is 52.9 Å². The molecular formula is C19H38N3O2+. The number of Topliss-reactive ketones (excluding diaryl/α,β-unsaturated/α-hetero) is 1. The van der Waals surface area contributed by atoms with Gasteiger partial charge < -0.3 is 9.80 Å². The maximum atomic E-state index is 12.3. The molecule has 2 atom stereocenters. The molecule has 0 aromatic heterocycles. The number of carbonyl (C=O) groups is 2. The Bertz CT molecular complexity index is 400. The van der Waals surface area contributed by atoms with E-state index in [1.807, 2.05) is 13.8 Å². The van der Waals surface area contributed by atoms with Crippen molar-refractivity contribution in [1.29, 1.82) is 0 Å². The normalized spacial score (nSPS) is 14.6. The zero-order chi connectivity index (χ0) is 18.6. The molecule has 0 aromatic carbocycles. The Labute approximate surface area is 148 Å². The summed E-state index contributed by atoms with van der Waals surface area (Å²) in [7, 11) is 6.44. The second-order valence-corrected chi connectivity index (χ2v) is 7.69. The molecule has 5 heteroatoms. The Morgan fingerprint density at radius 2 is 1.83 bits per heavy atom. The van der Waals surface area contributed by atoms with Crippen molar-refractivity contribution in [3.05, 3.63) is 0 Å². The van der Waals surface area contributed by atoms with E-state index in [4.69, 9.17) is 0 Å². The molecule has 0 fully saturated rings. The fourth-order valence-corrected chi connectivity index (χ4v) is 2.48. The molecule has 5 nitrogen and oxygen atoms in total. The van der Waals surface area contributed by atoms with Crippen LogP contribution in [0.15, 0.2) is 4.99 Å². The Morgan fingerprint density at radius 1 is 1.17 bits per heavy atom. The largest absolute Gasteiger partial charge is 0.356 e. The van der Waals surface area contributed by atoms with E-state index in [0.29, 0.717) is 13.0 Å². The van der Waals surface area contributed by atoms with Crippen LogP contribution in [0.4, 0.5) is 0 Å². The number of nitrogens with one attached hydrogen (secondary N) is 1. The number of amides is 1. The molecule has 0 aliphatic heterocycles. The molecule has 0 aliphatic rings. The molecule has 0 saturated heterocycles. The van der Waals surface area contributed by atoms with Crippen molar-refractivity contribution in [2.24, 2.45) is 16.8 Å². The van der Waals surface area contributed by atoms with Crippen LogP contribution in [0, 0.1) is 11.8 Å². The van der Waals surface area contributed by atoms with Gasteiger partial charge in [0.25, 0.3) is 0 Å². The topological polar surface area (TPSA) is 58.5 Å². The lowest BCUT2D eigenvalue weighted by Gasteiger charge is -2.23. The van der Waals surface area contributed by atoms with Crippen molar-refractivity contribution in [1.82, 2.24) is 5.32 Å². The predicted molar refractivity (Wildman–Crippen MR) is 101 cm³/mol. The van der Waals surface area contributed by atoms with Gasteiger partial charge in [0.2, 0.25) is 5.91 Å². The number of carbonyl (C=O) groups excluding carboxylic acids is 2. The maximum Gasteiger partial charge on any atom is 0.222 e. The lowest BCUT2D eigenvalue weighted by molar-refractivity contribution is -0.870. The van der Waals surface area contributed by atoms with E-state index in [1.165, 1.54) is 6.21 Å². The zero-order valence-corrected chi connectivity index (χ0v) is 16.6. The van der Waals surface area contributed by atoms with Crippen molar-refractivity contribution in [3.8, 4) is 0 Å². The molecule has 0 rings (SSSR count). The number of rotatable bonds is 13. The quantitative estimate of drug-likeness (QED) is 0.318. The molecule has 24 heavy (non-hydrogen) atoms. The van der Waals surface area contributed by atoms with Gasteiger partial charge in [-0.1, -0.05) is 27.2 Å². The highest BCUT2D eigenvalue weighted by atomic mass is 16.2. The first kappa shape index (κ1) is 22.8. The highest BCUT2D eigenvalue weighted by molar-refractivity contribution is 6.28. The van der Waals surface area contributed by atoms with Gasteiger partial charge in [0.15, 0.2) is 5.78 Å². The summed E-state index contributed by atoms with van der Waals surface area (Å²) < 4.78 is 0.908. The van der Waals surface area contributed by atoms with Gasteiger partial charge in [0.05, 0.1) is 33.9 Å². The number of aliphatic imine (C=N–C) groups is 1. The van der Waals surface area contributed by atoms with E-state index in [0.717, 1.165) is 43.3 Å². The van der Waals surface area contributed by atoms with Crippen LogP contribution < -0.4 is 5.32 Å². The summed E-state index contributed by atoms with van der Waals surface area (Å²) in [5, 5.41) is 2.94. The molecule has 0 bridgehead atoms.